The number of nitrogen functional groups attached to an aromatic ring is 1. The van der Waals surface area contributed by atoms with Gasteiger partial charge in [0.05, 0.1) is 22.4 Å². The minimum atomic E-state index is -0.0482. The average molecular weight is 278 g/mol. The van der Waals surface area contributed by atoms with Gasteiger partial charge in [-0.15, -0.1) is 0 Å². The van der Waals surface area contributed by atoms with Crippen molar-refractivity contribution in [3.8, 4) is 0 Å². The summed E-state index contributed by atoms with van der Waals surface area (Å²) in [5, 5.41) is 3.29. The van der Waals surface area contributed by atoms with E-state index < -0.39 is 0 Å². The lowest BCUT2D eigenvalue weighted by Crippen LogP contribution is -2.19. The maximum absolute atomic E-state index is 11.9. The van der Waals surface area contributed by atoms with E-state index >= 15 is 0 Å². The number of nitrogens with one attached hydrogen (secondary N) is 1. The number of nitrogens with zero attached hydrogens (tertiary/aromatic N) is 2. The second-order valence-corrected chi connectivity index (χ2v) is 4.81. The van der Waals surface area contributed by atoms with E-state index in [0.29, 0.717) is 5.69 Å². The molecule has 0 aliphatic rings. The molecule has 0 aliphatic heterocycles. The van der Waals surface area contributed by atoms with Crippen molar-refractivity contribution < 1.29 is 4.74 Å². The van der Waals surface area contributed by atoms with Crippen LogP contribution in [0.25, 0.3) is 11.0 Å². The number of nitrogens with two attached hydrogens (primary N) is 1. The van der Waals surface area contributed by atoms with Crippen molar-refractivity contribution in [2.75, 3.05) is 30.8 Å². The molecule has 1 heterocycles. The molecule has 1 aromatic heterocycles. The summed E-state index contributed by atoms with van der Waals surface area (Å²) < 4.78 is 8.52. The third-order valence-corrected chi connectivity index (χ3v) is 3.43. The van der Waals surface area contributed by atoms with Gasteiger partial charge in [-0.2, -0.15) is 0 Å². The number of hydrogen-bond donors (Lipinski definition) is 2. The van der Waals surface area contributed by atoms with Crippen LogP contribution in [0.1, 0.15) is 13.3 Å². The summed E-state index contributed by atoms with van der Waals surface area (Å²) in [5.74, 6) is 0. The van der Waals surface area contributed by atoms with Gasteiger partial charge in [0.1, 0.15) is 0 Å². The number of hydrogen-bond acceptors (Lipinski definition) is 4. The zero-order valence-corrected chi connectivity index (χ0v) is 12.3. The maximum atomic E-state index is 11.9. The number of ether oxygens (including phenoxy) is 1. The third kappa shape index (κ3) is 2.65. The number of aryl methyl sites for hydroxylation is 2. The quantitative estimate of drug-likeness (QED) is 0.617. The highest BCUT2D eigenvalue weighted by atomic mass is 16.5. The lowest BCUT2D eigenvalue weighted by Gasteiger charge is -2.10. The molecule has 0 amide bonds. The fourth-order valence-electron chi connectivity index (χ4n) is 2.26. The summed E-state index contributed by atoms with van der Waals surface area (Å²) in [6, 6.07) is 3.76. The molecular formula is C14H22N4O2. The molecule has 0 saturated heterocycles. The van der Waals surface area contributed by atoms with Gasteiger partial charge in [-0.25, -0.2) is 4.79 Å². The predicted octanol–water partition coefficient (Wildman–Crippen LogP) is 1.30. The normalized spacial score (nSPS) is 11.2. The lowest BCUT2D eigenvalue weighted by molar-refractivity contribution is 0.147. The van der Waals surface area contributed by atoms with Gasteiger partial charge in [0.2, 0.25) is 0 Å². The molecule has 6 heteroatoms. The monoisotopic (exact) mass is 278 g/mol. The molecule has 6 nitrogen and oxygen atoms in total. The van der Waals surface area contributed by atoms with E-state index in [-0.39, 0.29) is 5.69 Å². The Hall–Kier alpha value is -1.95. The molecule has 2 aromatic rings. The summed E-state index contributed by atoms with van der Waals surface area (Å²) in [7, 11) is 3.51. The highest BCUT2D eigenvalue weighted by Crippen LogP contribution is 2.25. The van der Waals surface area contributed by atoms with Crippen molar-refractivity contribution in [2.45, 2.75) is 13.3 Å². The fraction of sp³-hybridized carbons (Fsp3) is 0.500. The van der Waals surface area contributed by atoms with Crippen LogP contribution in [-0.2, 0) is 18.8 Å². The van der Waals surface area contributed by atoms with Crippen molar-refractivity contribution in [1.29, 1.82) is 0 Å². The first-order valence-corrected chi connectivity index (χ1v) is 6.82. The highest BCUT2D eigenvalue weighted by molar-refractivity contribution is 5.87. The molecule has 0 atom stereocenters. The van der Waals surface area contributed by atoms with Crippen molar-refractivity contribution in [3.63, 3.8) is 0 Å². The van der Waals surface area contributed by atoms with Crippen LogP contribution in [0, 0.1) is 0 Å². The molecule has 2 rings (SSSR count). The molecule has 3 N–H and O–H groups in total. The van der Waals surface area contributed by atoms with E-state index in [9.17, 15) is 4.79 Å². The summed E-state index contributed by atoms with van der Waals surface area (Å²) in [5.41, 5.74) is 9.21. The largest absolute Gasteiger partial charge is 0.397 e. The van der Waals surface area contributed by atoms with E-state index in [2.05, 4.69) is 5.32 Å². The first-order valence-electron chi connectivity index (χ1n) is 6.82. The molecule has 110 valence electrons. The zero-order valence-electron chi connectivity index (χ0n) is 12.3. The van der Waals surface area contributed by atoms with Crippen LogP contribution < -0.4 is 16.7 Å². The zero-order chi connectivity index (χ0) is 14.7. The van der Waals surface area contributed by atoms with Crippen LogP contribution in [0.2, 0.25) is 0 Å². The van der Waals surface area contributed by atoms with Gasteiger partial charge < -0.3 is 15.8 Å². The Balaban J connectivity index is 2.20. The summed E-state index contributed by atoms with van der Waals surface area (Å²) in [6.45, 7) is 4.24. The van der Waals surface area contributed by atoms with Crippen molar-refractivity contribution in [2.24, 2.45) is 14.1 Å². The van der Waals surface area contributed by atoms with Gasteiger partial charge in [-0.1, -0.05) is 0 Å². The third-order valence-electron chi connectivity index (χ3n) is 3.43. The van der Waals surface area contributed by atoms with Crippen molar-refractivity contribution in [1.82, 2.24) is 9.13 Å². The lowest BCUT2D eigenvalue weighted by atomic mass is 10.2. The van der Waals surface area contributed by atoms with Gasteiger partial charge in [0.15, 0.2) is 0 Å². The average Bonchev–Trinajstić information content (AvgIpc) is 2.64. The Morgan fingerprint density at radius 2 is 1.90 bits per heavy atom. The van der Waals surface area contributed by atoms with Gasteiger partial charge in [0, 0.05) is 33.9 Å². The number of aromatic nitrogens is 2. The van der Waals surface area contributed by atoms with Gasteiger partial charge >= 0.3 is 5.69 Å². The Bertz CT molecular complexity index is 657. The molecule has 20 heavy (non-hydrogen) atoms. The van der Waals surface area contributed by atoms with E-state index in [1.807, 2.05) is 19.1 Å². The SMILES string of the molecule is CCOCCCNc1cc2c(cc1N)n(C)c(=O)n2C. The molecule has 0 bridgehead atoms. The number of rotatable bonds is 6. The summed E-state index contributed by atoms with van der Waals surface area (Å²) in [4.78, 5) is 11.9. The number of imidazole rings is 1. The molecule has 0 unspecified atom stereocenters. The van der Waals surface area contributed by atoms with E-state index in [1.165, 1.54) is 0 Å². The standard InChI is InChI=1S/C14H22N4O2/c1-4-20-7-5-6-16-11-9-13-12(8-10(11)15)17(2)14(19)18(13)3/h8-9,16H,4-7,15H2,1-3H3. The van der Waals surface area contributed by atoms with Gasteiger partial charge in [0.25, 0.3) is 0 Å². The smallest absolute Gasteiger partial charge is 0.328 e. The topological polar surface area (TPSA) is 74.2 Å². The minimum absolute atomic E-state index is 0.0482. The second kappa shape index (κ2) is 6.00. The molecule has 0 fully saturated rings. The molecule has 0 saturated carbocycles. The van der Waals surface area contributed by atoms with E-state index in [4.69, 9.17) is 10.5 Å². The molecule has 0 aliphatic carbocycles. The van der Waals surface area contributed by atoms with E-state index in [1.54, 1.807) is 23.2 Å². The van der Waals surface area contributed by atoms with Crippen molar-refractivity contribution in [3.05, 3.63) is 22.6 Å². The van der Waals surface area contributed by atoms with Crippen LogP contribution in [0.3, 0.4) is 0 Å². The summed E-state index contributed by atoms with van der Waals surface area (Å²) >= 11 is 0. The first-order chi connectivity index (χ1) is 9.56. The Kier molecular flexibility index (Phi) is 4.34. The minimum Gasteiger partial charge on any atom is -0.397 e. The number of benzene rings is 1. The van der Waals surface area contributed by atoms with Crippen LogP contribution >= 0.6 is 0 Å². The molecule has 1 aromatic carbocycles. The predicted molar refractivity (Wildman–Crippen MR) is 82.2 cm³/mol. The molecule has 0 spiro atoms. The highest BCUT2D eigenvalue weighted by Gasteiger charge is 2.10. The fourth-order valence-corrected chi connectivity index (χ4v) is 2.26. The van der Waals surface area contributed by atoms with Gasteiger partial charge in [-0.05, 0) is 25.5 Å². The van der Waals surface area contributed by atoms with Crippen LogP contribution in [0.15, 0.2) is 16.9 Å². The summed E-state index contributed by atoms with van der Waals surface area (Å²) in [6.07, 6.45) is 0.916. The number of anilines is 2. The number of fused-ring (bicyclic) bond motifs is 1. The van der Waals surface area contributed by atoms with Crippen LogP contribution in [0.4, 0.5) is 11.4 Å². The Labute approximate surface area is 118 Å². The second-order valence-electron chi connectivity index (χ2n) is 4.81. The maximum Gasteiger partial charge on any atom is 0.328 e. The van der Waals surface area contributed by atoms with Crippen molar-refractivity contribution >= 4 is 22.4 Å². The first kappa shape index (κ1) is 14.5. The Morgan fingerprint density at radius 1 is 1.25 bits per heavy atom. The molecular weight excluding hydrogens is 256 g/mol. The van der Waals surface area contributed by atoms with Gasteiger partial charge in [-0.3, -0.25) is 9.13 Å². The van der Waals surface area contributed by atoms with E-state index in [0.717, 1.165) is 42.9 Å². The Morgan fingerprint density at radius 3 is 2.55 bits per heavy atom. The molecule has 0 radical (unpaired) electrons. The van der Waals surface area contributed by atoms with Crippen LogP contribution in [-0.4, -0.2) is 28.9 Å². The van der Waals surface area contributed by atoms with Crippen LogP contribution in [0.5, 0.6) is 0 Å².